The van der Waals surface area contributed by atoms with Crippen molar-refractivity contribution in [1.82, 2.24) is 30.4 Å². The lowest BCUT2D eigenvalue weighted by molar-refractivity contribution is 0.102. The first-order valence-electron chi connectivity index (χ1n) is 12.2. The Morgan fingerprint density at radius 2 is 1.73 bits per heavy atom. The number of tetrazole rings is 1. The molecule has 0 aliphatic heterocycles. The number of rotatable bonds is 7. The lowest BCUT2D eigenvalue weighted by atomic mass is 10.0. The van der Waals surface area contributed by atoms with Gasteiger partial charge in [-0.05, 0) is 94.4 Å². The quantitative estimate of drug-likeness (QED) is 0.241. The lowest BCUT2D eigenvalue weighted by Crippen LogP contribution is -2.12. The smallest absolute Gasteiger partial charge is 0.258 e. The number of methoxy groups -OCH3 is 1. The highest BCUT2D eigenvalue weighted by atomic mass is 35.5. The molecule has 0 saturated heterocycles. The van der Waals surface area contributed by atoms with Crippen molar-refractivity contribution in [2.75, 3.05) is 12.4 Å². The predicted molar refractivity (Wildman–Crippen MR) is 151 cm³/mol. The standard InChI is InChI=1S/C29H22ClN7O3/c1-17-11-22(30)15-23(12-17)37-27(21-4-3-20-14-25(39-2)10-7-19(20)13-21)26(16-31-37)40-24-8-5-18(6-9-24)28(38)32-29-33-35-36-34-29/h3-16H,1-2H3,(H2,32,33,34,35,36,38). The van der Waals surface area contributed by atoms with Crippen molar-refractivity contribution >= 4 is 34.2 Å². The molecule has 0 saturated carbocycles. The maximum absolute atomic E-state index is 12.5. The highest BCUT2D eigenvalue weighted by Gasteiger charge is 2.18. The van der Waals surface area contributed by atoms with Crippen molar-refractivity contribution in [2.24, 2.45) is 0 Å². The number of aromatic nitrogens is 6. The molecule has 0 spiro atoms. The number of aromatic amines is 1. The summed E-state index contributed by atoms with van der Waals surface area (Å²) in [5.41, 5.74) is 3.88. The molecule has 2 N–H and O–H groups in total. The summed E-state index contributed by atoms with van der Waals surface area (Å²) in [5, 5.41) is 23.0. The largest absolute Gasteiger partial charge is 0.497 e. The number of nitrogens with zero attached hydrogens (tertiary/aromatic N) is 5. The van der Waals surface area contributed by atoms with Gasteiger partial charge in [0.25, 0.3) is 5.91 Å². The summed E-state index contributed by atoms with van der Waals surface area (Å²) in [4.78, 5) is 12.5. The number of benzene rings is 4. The van der Waals surface area contributed by atoms with Crippen LogP contribution in [0.15, 0.2) is 85.1 Å². The van der Waals surface area contributed by atoms with Crippen LogP contribution < -0.4 is 14.8 Å². The minimum atomic E-state index is -0.359. The Hall–Kier alpha value is -5.22. The first kappa shape index (κ1) is 25.1. The van der Waals surface area contributed by atoms with Crippen LogP contribution in [0.2, 0.25) is 5.02 Å². The molecule has 0 unspecified atom stereocenters. The highest BCUT2D eigenvalue weighted by Crippen LogP contribution is 2.37. The summed E-state index contributed by atoms with van der Waals surface area (Å²) in [7, 11) is 1.65. The number of fused-ring (bicyclic) bond motifs is 1. The van der Waals surface area contributed by atoms with Gasteiger partial charge in [-0.3, -0.25) is 10.1 Å². The third-order valence-corrected chi connectivity index (χ3v) is 6.47. The molecular weight excluding hydrogens is 530 g/mol. The van der Waals surface area contributed by atoms with Gasteiger partial charge in [0.1, 0.15) is 17.2 Å². The molecule has 10 nitrogen and oxygen atoms in total. The number of hydrogen-bond donors (Lipinski definition) is 2. The molecule has 0 fully saturated rings. The van der Waals surface area contributed by atoms with Crippen molar-refractivity contribution in [1.29, 1.82) is 0 Å². The molecule has 0 bridgehead atoms. The first-order chi connectivity index (χ1) is 19.5. The summed E-state index contributed by atoms with van der Waals surface area (Å²) in [6.45, 7) is 1.98. The van der Waals surface area contributed by atoms with Crippen LogP contribution in [0.1, 0.15) is 15.9 Å². The third kappa shape index (κ3) is 5.07. The minimum absolute atomic E-state index is 0.160. The van der Waals surface area contributed by atoms with E-state index in [4.69, 9.17) is 21.1 Å². The molecule has 11 heteroatoms. The van der Waals surface area contributed by atoms with Gasteiger partial charge >= 0.3 is 0 Å². The number of hydrogen-bond acceptors (Lipinski definition) is 7. The number of ether oxygens (including phenoxy) is 2. The van der Waals surface area contributed by atoms with Crippen LogP contribution in [-0.4, -0.2) is 43.4 Å². The topological polar surface area (TPSA) is 120 Å². The Labute approximate surface area is 233 Å². The van der Waals surface area contributed by atoms with Crippen LogP contribution in [0.5, 0.6) is 17.2 Å². The van der Waals surface area contributed by atoms with Crippen molar-refractivity contribution < 1.29 is 14.3 Å². The molecular formula is C29H22ClN7O3. The Bertz CT molecular complexity index is 1810. The molecule has 6 rings (SSSR count). The van der Waals surface area contributed by atoms with Gasteiger partial charge in [0, 0.05) is 16.1 Å². The maximum Gasteiger partial charge on any atom is 0.258 e. The second-order valence-electron chi connectivity index (χ2n) is 9.01. The number of H-pyrrole nitrogens is 1. The predicted octanol–water partition coefficient (Wildman–Crippen LogP) is 6.22. The number of anilines is 1. The third-order valence-electron chi connectivity index (χ3n) is 6.25. The summed E-state index contributed by atoms with van der Waals surface area (Å²) >= 11 is 6.40. The van der Waals surface area contributed by atoms with Crippen molar-refractivity contribution in [2.45, 2.75) is 6.92 Å². The van der Waals surface area contributed by atoms with Crippen molar-refractivity contribution in [3.63, 3.8) is 0 Å². The molecule has 198 valence electrons. The fraction of sp³-hybridized carbons (Fsp3) is 0.0690. The SMILES string of the molecule is COc1ccc2cc(-c3c(Oc4ccc(C(=O)Nc5nnn[nH]5)cc4)cnn3-c3cc(C)cc(Cl)c3)ccc2c1. The van der Waals surface area contributed by atoms with Crippen LogP contribution in [0.3, 0.4) is 0 Å². The Morgan fingerprint density at radius 1 is 0.950 bits per heavy atom. The zero-order chi connectivity index (χ0) is 27.6. The number of aryl methyl sites for hydroxylation is 1. The molecule has 0 atom stereocenters. The fourth-order valence-electron chi connectivity index (χ4n) is 4.40. The van der Waals surface area contributed by atoms with Crippen LogP contribution in [0.4, 0.5) is 5.95 Å². The normalized spacial score (nSPS) is 11.0. The van der Waals surface area contributed by atoms with E-state index in [1.54, 1.807) is 37.6 Å². The first-order valence-corrected chi connectivity index (χ1v) is 12.6. The van der Waals surface area contributed by atoms with Crippen LogP contribution >= 0.6 is 11.6 Å². The molecule has 2 aromatic heterocycles. The number of carbonyl (C=O) groups is 1. The van der Waals surface area contributed by atoms with Crippen molar-refractivity contribution in [3.05, 3.63) is 101 Å². The molecule has 1 amide bonds. The average molecular weight is 552 g/mol. The van der Waals surface area contributed by atoms with Crippen LogP contribution in [0, 0.1) is 6.92 Å². The number of amides is 1. The van der Waals surface area contributed by atoms with Crippen LogP contribution in [0.25, 0.3) is 27.7 Å². The van der Waals surface area contributed by atoms with Gasteiger partial charge in [-0.2, -0.15) is 5.10 Å². The highest BCUT2D eigenvalue weighted by molar-refractivity contribution is 6.30. The van der Waals surface area contributed by atoms with E-state index in [1.807, 2.05) is 60.1 Å². The number of carbonyl (C=O) groups excluding carboxylic acids is 1. The van der Waals surface area contributed by atoms with Gasteiger partial charge in [-0.1, -0.05) is 34.9 Å². The zero-order valence-corrected chi connectivity index (χ0v) is 22.2. The molecule has 6 aromatic rings. The second kappa shape index (κ2) is 10.5. The van der Waals surface area contributed by atoms with E-state index in [1.165, 1.54) is 0 Å². The monoisotopic (exact) mass is 551 g/mol. The van der Waals surface area contributed by atoms with E-state index >= 15 is 0 Å². The average Bonchev–Trinajstić information content (AvgIpc) is 3.62. The van der Waals surface area contributed by atoms with Crippen LogP contribution in [-0.2, 0) is 0 Å². The number of nitrogens with one attached hydrogen (secondary N) is 2. The fourth-order valence-corrected chi connectivity index (χ4v) is 4.68. The zero-order valence-electron chi connectivity index (χ0n) is 21.4. The molecule has 4 aromatic carbocycles. The Kier molecular flexibility index (Phi) is 6.59. The molecule has 0 radical (unpaired) electrons. The van der Waals surface area contributed by atoms with Gasteiger partial charge in [0.15, 0.2) is 5.75 Å². The molecule has 0 aliphatic carbocycles. The molecule has 2 heterocycles. The van der Waals surface area contributed by atoms with Gasteiger partial charge in [-0.25, -0.2) is 9.78 Å². The molecule has 0 aliphatic rings. The van der Waals surface area contributed by atoms with Crippen molar-refractivity contribution in [3.8, 4) is 34.2 Å². The van der Waals surface area contributed by atoms with E-state index in [0.29, 0.717) is 22.1 Å². The Morgan fingerprint density at radius 3 is 2.48 bits per heavy atom. The van der Waals surface area contributed by atoms with E-state index in [-0.39, 0.29) is 11.9 Å². The van der Waals surface area contributed by atoms with E-state index in [9.17, 15) is 4.79 Å². The number of halogens is 1. The van der Waals surface area contributed by atoms with Gasteiger partial charge in [0.05, 0.1) is 19.0 Å². The second-order valence-corrected chi connectivity index (χ2v) is 9.45. The maximum atomic E-state index is 12.5. The molecule has 40 heavy (non-hydrogen) atoms. The minimum Gasteiger partial charge on any atom is -0.497 e. The summed E-state index contributed by atoms with van der Waals surface area (Å²) in [6, 6.07) is 24.6. The van der Waals surface area contributed by atoms with E-state index in [0.717, 1.165) is 39.0 Å². The summed E-state index contributed by atoms with van der Waals surface area (Å²) in [6.07, 6.45) is 1.67. The van der Waals surface area contributed by atoms with E-state index < -0.39 is 0 Å². The summed E-state index contributed by atoms with van der Waals surface area (Å²) < 4.78 is 13.5. The Balaban J connectivity index is 1.37. The van der Waals surface area contributed by atoms with Gasteiger partial charge < -0.3 is 9.47 Å². The van der Waals surface area contributed by atoms with Gasteiger partial charge in [-0.15, -0.1) is 0 Å². The van der Waals surface area contributed by atoms with Gasteiger partial charge in [0.2, 0.25) is 5.95 Å². The lowest BCUT2D eigenvalue weighted by Gasteiger charge is -2.13. The summed E-state index contributed by atoms with van der Waals surface area (Å²) in [5.74, 6) is 1.66. The van der Waals surface area contributed by atoms with E-state index in [2.05, 4.69) is 37.1 Å².